The highest BCUT2D eigenvalue weighted by molar-refractivity contribution is 6.30. The van der Waals surface area contributed by atoms with Crippen LogP contribution in [0.5, 0.6) is 0 Å². The lowest BCUT2D eigenvalue weighted by Gasteiger charge is -2.16. The predicted molar refractivity (Wildman–Crippen MR) is 78.0 cm³/mol. The van der Waals surface area contributed by atoms with E-state index in [-0.39, 0.29) is 6.04 Å². The topological polar surface area (TPSA) is 26.0 Å². The van der Waals surface area contributed by atoms with Crippen molar-refractivity contribution in [3.05, 3.63) is 69.7 Å². The lowest BCUT2D eigenvalue weighted by Crippen LogP contribution is -2.15. The summed E-state index contributed by atoms with van der Waals surface area (Å²) in [6, 6.07) is 14.2. The molecule has 0 saturated carbocycles. The quantitative estimate of drug-likeness (QED) is 0.878. The molecule has 0 saturated heterocycles. The van der Waals surface area contributed by atoms with Crippen molar-refractivity contribution in [1.29, 1.82) is 0 Å². The van der Waals surface area contributed by atoms with Crippen LogP contribution in [-0.4, -0.2) is 0 Å². The van der Waals surface area contributed by atoms with Gasteiger partial charge in [-0.2, -0.15) is 0 Å². The van der Waals surface area contributed by atoms with Gasteiger partial charge in [-0.15, -0.1) is 0 Å². The molecular weight excluding hydrogens is 242 g/mol. The number of rotatable bonds is 3. The molecule has 0 fully saturated rings. The van der Waals surface area contributed by atoms with E-state index in [0.717, 1.165) is 17.0 Å². The van der Waals surface area contributed by atoms with Gasteiger partial charge in [0, 0.05) is 11.1 Å². The molecule has 1 atom stereocenters. The zero-order valence-electron chi connectivity index (χ0n) is 10.8. The molecule has 0 heterocycles. The first-order valence-electron chi connectivity index (χ1n) is 6.14. The molecule has 0 spiro atoms. The normalized spacial score (nSPS) is 12.4. The van der Waals surface area contributed by atoms with Gasteiger partial charge in [-0.3, -0.25) is 0 Å². The van der Waals surface area contributed by atoms with Gasteiger partial charge in [0.05, 0.1) is 0 Å². The Bertz CT molecular complexity index is 549. The maximum absolute atomic E-state index is 6.31. The summed E-state index contributed by atoms with van der Waals surface area (Å²) >= 11 is 6.04. The van der Waals surface area contributed by atoms with Crippen LogP contribution in [0.4, 0.5) is 0 Å². The van der Waals surface area contributed by atoms with Crippen molar-refractivity contribution >= 4 is 11.6 Å². The van der Waals surface area contributed by atoms with Gasteiger partial charge in [0.15, 0.2) is 0 Å². The molecule has 2 aromatic carbocycles. The van der Waals surface area contributed by atoms with Gasteiger partial charge in [-0.05, 0) is 54.7 Å². The van der Waals surface area contributed by atoms with E-state index in [1.54, 1.807) is 0 Å². The Balaban J connectivity index is 2.25. The SMILES string of the molecule is Cc1ccccc1CC(N)c1cc(Cl)ccc1C. The molecule has 2 rings (SSSR count). The van der Waals surface area contributed by atoms with Crippen molar-refractivity contribution in [2.75, 3.05) is 0 Å². The molecule has 0 amide bonds. The second-order valence-electron chi connectivity index (χ2n) is 4.74. The highest BCUT2D eigenvalue weighted by atomic mass is 35.5. The van der Waals surface area contributed by atoms with Crippen LogP contribution in [0.25, 0.3) is 0 Å². The lowest BCUT2D eigenvalue weighted by molar-refractivity contribution is 0.714. The van der Waals surface area contributed by atoms with E-state index >= 15 is 0 Å². The summed E-state index contributed by atoms with van der Waals surface area (Å²) in [6.07, 6.45) is 0.841. The number of halogens is 1. The molecule has 0 bridgehead atoms. The number of benzene rings is 2. The molecule has 18 heavy (non-hydrogen) atoms. The van der Waals surface area contributed by atoms with Crippen LogP contribution in [0.2, 0.25) is 5.02 Å². The van der Waals surface area contributed by atoms with E-state index in [1.165, 1.54) is 16.7 Å². The van der Waals surface area contributed by atoms with Crippen LogP contribution >= 0.6 is 11.6 Å². The number of nitrogens with two attached hydrogens (primary N) is 1. The average Bonchev–Trinajstić information content (AvgIpc) is 2.35. The predicted octanol–water partition coefficient (Wildman–Crippen LogP) is 4.20. The molecule has 0 aliphatic carbocycles. The van der Waals surface area contributed by atoms with Crippen LogP contribution in [-0.2, 0) is 6.42 Å². The van der Waals surface area contributed by atoms with Gasteiger partial charge in [0.2, 0.25) is 0 Å². The third-order valence-corrected chi connectivity index (χ3v) is 3.58. The molecule has 1 unspecified atom stereocenters. The van der Waals surface area contributed by atoms with Crippen molar-refractivity contribution in [3.8, 4) is 0 Å². The third kappa shape index (κ3) is 2.92. The summed E-state index contributed by atoms with van der Waals surface area (Å²) in [6.45, 7) is 4.19. The molecule has 0 radical (unpaired) electrons. The summed E-state index contributed by atoms with van der Waals surface area (Å²) in [7, 11) is 0. The van der Waals surface area contributed by atoms with Crippen LogP contribution in [0.3, 0.4) is 0 Å². The highest BCUT2D eigenvalue weighted by Crippen LogP contribution is 2.24. The van der Waals surface area contributed by atoms with Crippen molar-refractivity contribution in [3.63, 3.8) is 0 Å². The Kier molecular flexibility index (Phi) is 4.05. The van der Waals surface area contributed by atoms with Gasteiger partial charge in [-0.1, -0.05) is 41.9 Å². The first kappa shape index (κ1) is 13.1. The van der Waals surface area contributed by atoms with Gasteiger partial charge >= 0.3 is 0 Å². The Hall–Kier alpha value is -1.31. The van der Waals surface area contributed by atoms with E-state index in [9.17, 15) is 0 Å². The van der Waals surface area contributed by atoms with Crippen LogP contribution < -0.4 is 5.73 Å². The molecule has 94 valence electrons. The second-order valence-corrected chi connectivity index (χ2v) is 5.17. The maximum Gasteiger partial charge on any atom is 0.0409 e. The number of hydrogen-bond acceptors (Lipinski definition) is 1. The Labute approximate surface area is 114 Å². The molecular formula is C16H18ClN. The standard InChI is InChI=1S/C16H18ClN/c1-11-5-3-4-6-13(11)9-16(18)15-10-14(17)8-7-12(15)2/h3-8,10,16H,9,18H2,1-2H3. The minimum atomic E-state index is -0.00944. The van der Waals surface area contributed by atoms with Crippen LogP contribution in [0.15, 0.2) is 42.5 Å². The summed E-state index contributed by atoms with van der Waals surface area (Å²) in [5, 5.41) is 0.746. The van der Waals surface area contributed by atoms with Crippen molar-refractivity contribution in [2.45, 2.75) is 26.3 Å². The fourth-order valence-electron chi connectivity index (χ4n) is 2.20. The molecule has 2 aromatic rings. The second kappa shape index (κ2) is 5.55. The minimum absolute atomic E-state index is 0.00944. The lowest BCUT2D eigenvalue weighted by atomic mass is 9.94. The summed E-state index contributed by atoms with van der Waals surface area (Å²) in [4.78, 5) is 0. The molecule has 2 heteroatoms. The monoisotopic (exact) mass is 259 g/mol. The summed E-state index contributed by atoms with van der Waals surface area (Å²) in [5.41, 5.74) is 11.2. The van der Waals surface area contributed by atoms with E-state index in [1.807, 2.05) is 18.2 Å². The van der Waals surface area contributed by atoms with Gasteiger partial charge < -0.3 is 5.73 Å². The first-order chi connectivity index (χ1) is 8.58. The van der Waals surface area contributed by atoms with Crippen molar-refractivity contribution in [2.24, 2.45) is 5.73 Å². The Morgan fingerprint density at radius 3 is 2.50 bits per heavy atom. The van der Waals surface area contributed by atoms with Gasteiger partial charge in [0.1, 0.15) is 0 Å². The van der Waals surface area contributed by atoms with E-state index in [0.29, 0.717) is 0 Å². The fraction of sp³-hybridized carbons (Fsp3) is 0.250. The fourth-order valence-corrected chi connectivity index (χ4v) is 2.38. The minimum Gasteiger partial charge on any atom is -0.324 e. The maximum atomic E-state index is 6.31. The largest absolute Gasteiger partial charge is 0.324 e. The van der Waals surface area contributed by atoms with E-state index < -0.39 is 0 Å². The zero-order chi connectivity index (χ0) is 13.1. The molecule has 1 nitrogen and oxygen atoms in total. The van der Waals surface area contributed by atoms with Crippen molar-refractivity contribution in [1.82, 2.24) is 0 Å². The van der Waals surface area contributed by atoms with E-state index in [2.05, 4.69) is 38.1 Å². The Morgan fingerprint density at radius 2 is 1.78 bits per heavy atom. The highest BCUT2D eigenvalue weighted by Gasteiger charge is 2.11. The number of hydrogen-bond donors (Lipinski definition) is 1. The molecule has 0 aliphatic rings. The van der Waals surface area contributed by atoms with Gasteiger partial charge in [-0.25, -0.2) is 0 Å². The molecule has 0 aliphatic heterocycles. The zero-order valence-corrected chi connectivity index (χ0v) is 11.5. The third-order valence-electron chi connectivity index (χ3n) is 3.34. The summed E-state index contributed by atoms with van der Waals surface area (Å²) < 4.78 is 0. The van der Waals surface area contributed by atoms with Gasteiger partial charge in [0.25, 0.3) is 0 Å². The van der Waals surface area contributed by atoms with Crippen LogP contribution in [0, 0.1) is 13.8 Å². The van der Waals surface area contributed by atoms with Crippen molar-refractivity contribution < 1.29 is 0 Å². The number of aryl methyl sites for hydroxylation is 2. The van der Waals surface area contributed by atoms with E-state index in [4.69, 9.17) is 17.3 Å². The molecule has 0 aromatic heterocycles. The summed E-state index contributed by atoms with van der Waals surface area (Å²) in [5.74, 6) is 0. The average molecular weight is 260 g/mol. The Morgan fingerprint density at radius 1 is 1.06 bits per heavy atom. The molecule has 2 N–H and O–H groups in total. The smallest absolute Gasteiger partial charge is 0.0409 e. The first-order valence-corrected chi connectivity index (χ1v) is 6.52. The van der Waals surface area contributed by atoms with Crippen LogP contribution in [0.1, 0.15) is 28.3 Å².